The average molecular weight is 219 g/mol. The first kappa shape index (κ1) is 22.8. The van der Waals surface area contributed by atoms with Crippen LogP contribution in [0.25, 0.3) is 0 Å². The molecule has 1 rings (SSSR count). The van der Waals surface area contributed by atoms with Gasteiger partial charge in [0.05, 0.1) is 0 Å². The van der Waals surface area contributed by atoms with Gasteiger partial charge in [0.15, 0.2) is 0 Å². The number of allylic oxidation sites excluding steroid dienone is 4. The average Bonchev–Trinajstić information content (AvgIpc) is 2.66. The van der Waals surface area contributed by atoms with E-state index in [0.29, 0.717) is 5.92 Å². The number of hydrogen-bond donors (Lipinski definition) is 0. The van der Waals surface area contributed by atoms with Crippen LogP contribution in [0.2, 0.25) is 0 Å². The zero-order chi connectivity index (χ0) is 10.4. The topological polar surface area (TPSA) is 59.7 Å². The molecule has 0 aromatic carbocycles. The van der Waals surface area contributed by atoms with Crippen LogP contribution in [-0.2, 0) is 31.0 Å². The van der Waals surface area contributed by atoms with E-state index in [1.807, 2.05) is 0 Å². The normalized spacial score (nSPS) is 9.77. The molecule has 0 aromatic rings. The maximum absolute atomic E-state index is 7.50. The second kappa shape index (κ2) is 30.3. The summed E-state index contributed by atoms with van der Waals surface area (Å²) in [6, 6.07) is 0. The molecule has 0 saturated carbocycles. The van der Waals surface area contributed by atoms with Crippen LogP contribution in [0.5, 0.6) is 0 Å². The van der Waals surface area contributed by atoms with Gasteiger partial charge in [-0.2, -0.15) is 0 Å². The van der Waals surface area contributed by atoms with Crippen LogP contribution in [0.4, 0.5) is 0 Å². The molecule has 13 heavy (non-hydrogen) atoms. The van der Waals surface area contributed by atoms with E-state index in [1.54, 1.807) is 0 Å². The Balaban J connectivity index is -0.0000000508. The summed E-state index contributed by atoms with van der Waals surface area (Å²) >= 11 is 0. The van der Waals surface area contributed by atoms with E-state index in [2.05, 4.69) is 51.2 Å². The predicted octanol–water partition coefficient (Wildman–Crippen LogP) is 1.63. The van der Waals surface area contributed by atoms with Crippen molar-refractivity contribution in [2.45, 2.75) is 6.92 Å². The fourth-order valence-corrected chi connectivity index (χ4v) is 0.543. The third kappa shape index (κ3) is 24.7. The van der Waals surface area contributed by atoms with Gasteiger partial charge in [-0.1, -0.05) is 31.2 Å². The molecule has 0 aromatic heterocycles. The second-order valence-corrected chi connectivity index (χ2v) is 1.63. The summed E-state index contributed by atoms with van der Waals surface area (Å²) in [6.45, 7) is 15.7. The summed E-state index contributed by atoms with van der Waals surface area (Å²) in [5, 5.41) is 0. The standard InChI is InChI=1S/C6H8.3CO.Mn/c1-6-4-2-3-5-6;3*1-2;/h2-6H,1H3;;;;. The molecule has 1 aliphatic rings. The SMILES string of the molecule is CC1C=CC=C1.[C-]#[O+].[C-]#[O+].[C-]#[O+].[Mn]. The monoisotopic (exact) mass is 219 g/mol. The van der Waals surface area contributed by atoms with Crippen molar-refractivity contribution >= 4 is 0 Å². The minimum atomic E-state index is 0. The van der Waals surface area contributed by atoms with Crippen molar-refractivity contribution in [2.75, 3.05) is 0 Å². The first-order chi connectivity index (χ1) is 5.89. The van der Waals surface area contributed by atoms with E-state index in [0.717, 1.165) is 0 Å². The van der Waals surface area contributed by atoms with E-state index in [-0.39, 0.29) is 17.1 Å². The Hall–Kier alpha value is -0.781. The van der Waals surface area contributed by atoms with Gasteiger partial charge in [0.25, 0.3) is 0 Å². The third-order valence-electron chi connectivity index (χ3n) is 0.940. The first-order valence-corrected chi connectivity index (χ1v) is 2.86. The molecule has 69 valence electrons. The quantitative estimate of drug-likeness (QED) is 0.338. The van der Waals surface area contributed by atoms with Crippen molar-refractivity contribution in [3.8, 4) is 0 Å². The first-order valence-electron chi connectivity index (χ1n) is 2.86. The Morgan fingerprint density at radius 2 is 1.08 bits per heavy atom. The van der Waals surface area contributed by atoms with Crippen molar-refractivity contribution in [1.82, 2.24) is 0 Å². The van der Waals surface area contributed by atoms with Crippen molar-refractivity contribution in [3.05, 3.63) is 44.3 Å². The molecule has 0 N–H and O–H groups in total. The second-order valence-electron chi connectivity index (χ2n) is 1.63. The Morgan fingerprint density at radius 3 is 1.15 bits per heavy atom. The van der Waals surface area contributed by atoms with Crippen LogP contribution < -0.4 is 0 Å². The smallest absolute Gasteiger partial charge is 0 e. The van der Waals surface area contributed by atoms with Gasteiger partial charge < -0.3 is 0 Å². The Bertz CT molecular complexity index is 163. The third-order valence-corrected chi connectivity index (χ3v) is 0.940. The van der Waals surface area contributed by atoms with Gasteiger partial charge in [-0.3, -0.25) is 0 Å². The molecule has 1 radical (unpaired) electrons. The maximum Gasteiger partial charge on any atom is 0 e. The van der Waals surface area contributed by atoms with Gasteiger partial charge >= 0.3 is 33.9 Å². The Labute approximate surface area is 88.5 Å². The molecule has 3 nitrogen and oxygen atoms in total. The molecule has 0 bridgehead atoms. The van der Waals surface area contributed by atoms with Crippen LogP contribution >= 0.6 is 0 Å². The minimum Gasteiger partial charge on any atom is 0 e. The Kier molecular flexibility index (Phi) is 53.1. The maximum atomic E-state index is 7.50. The van der Waals surface area contributed by atoms with Gasteiger partial charge in [-0.25, -0.2) is 0 Å². The van der Waals surface area contributed by atoms with E-state index < -0.39 is 0 Å². The molecule has 4 heteroatoms. The predicted molar refractivity (Wildman–Crippen MR) is 39.2 cm³/mol. The van der Waals surface area contributed by atoms with E-state index in [9.17, 15) is 0 Å². The number of hydrogen-bond acceptors (Lipinski definition) is 0. The van der Waals surface area contributed by atoms with E-state index >= 15 is 0 Å². The molecule has 0 atom stereocenters. The molecular weight excluding hydrogens is 211 g/mol. The largest absolute Gasteiger partial charge is 0 e. The zero-order valence-corrected chi connectivity index (χ0v) is 8.17. The summed E-state index contributed by atoms with van der Waals surface area (Å²) in [5.74, 6) is 0.685. The van der Waals surface area contributed by atoms with Crippen LogP contribution in [0.1, 0.15) is 6.92 Å². The van der Waals surface area contributed by atoms with Gasteiger partial charge in [-0.15, -0.1) is 0 Å². The van der Waals surface area contributed by atoms with Crippen molar-refractivity contribution in [2.24, 2.45) is 5.92 Å². The number of rotatable bonds is 0. The molecule has 0 unspecified atom stereocenters. The van der Waals surface area contributed by atoms with Crippen molar-refractivity contribution < 1.29 is 31.0 Å². The molecule has 0 heterocycles. The summed E-state index contributed by atoms with van der Waals surface area (Å²) in [6.07, 6.45) is 8.48. The van der Waals surface area contributed by atoms with Gasteiger partial charge in [0, 0.05) is 17.1 Å². The molecule has 0 spiro atoms. The molecule has 0 amide bonds. The summed E-state index contributed by atoms with van der Waals surface area (Å²) in [5.41, 5.74) is 0. The van der Waals surface area contributed by atoms with Crippen molar-refractivity contribution in [1.29, 1.82) is 0 Å². The molecule has 0 aliphatic heterocycles. The summed E-state index contributed by atoms with van der Waals surface area (Å²) < 4.78 is 22.5. The molecular formula is C9H8MnO3. The van der Waals surface area contributed by atoms with E-state index in [4.69, 9.17) is 14.0 Å². The van der Waals surface area contributed by atoms with Crippen LogP contribution in [0.15, 0.2) is 24.3 Å². The van der Waals surface area contributed by atoms with Crippen LogP contribution in [0.3, 0.4) is 0 Å². The molecule has 0 saturated heterocycles. The molecule has 1 aliphatic carbocycles. The Morgan fingerprint density at radius 1 is 0.846 bits per heavy atom. The molecule has 0 fully saturated rings. The summed E-state index contributed by atoms with van der Waals surface area (Å²) in [7, 11) is 0. The minimum absolute atomic E-state index is 0. The van der Waals surface area contributed by atoms with Crippen LogP contribution in [-0.4, -0.2) is 0 Å². The van der Waals surface area contributed by atoms with E-state index in [1.165, 1.54) is 0 Å². The van der Waals surface area contributed by atoms with Gasteiger partial charge in [0.2, 0.25) is 0 Å². The van der Waals surface area contributed by atoms with Crippen molar-refractivity contribution in [3.63, 3.8) is 0 Å². The van der Waals surface area contributed by atoms with Gasteiger partial charge in [-0.05, 0) is 5.92 Å². The zero-order valence-electron chi connectivity index (χ0n) is 6.99. The fraction of sp³-hybridized carbons (Fsp3) is 0.222. The van der Waals surface area contributed by atoms with Gasteiger partial charge in [0.1, 0.15) is 0 Å². The van der Waals surface area contributed by atoms with Crippen LogP contribution in [0, 0.1) is 25.9 Å². The summed E-state index contributed by atoms with van der Waals surface area (Å²) in [4.78, 5) is 0. The fourth-order valence-electron chi connectivity index (χ4n) is 0.543.